The van der Waals surface area contributed by atoms with Crippen LogP contribution in [0.3, 0.4) is 0 Å². The van der Waals surface area contributed by atoms with Gasteiger partial charge in [0.05, 0.1) is 7.11 Å². The van der Waals surface area contributed by atoms with Crippen LogP contribution in [0.5, 0.6) is 11.9 Å². The highest BCUT2D eigenvalue weighted by Crippen LogP contribution is 2.27. The number of aliphatic carboxylic acids is 1. The molecular weight excluding hydrogens is 560 g/mol. The maximum atomic E-state index is 12.8. The van der Waals surface area contributed by atoms with E-state index in [0.717, 1.165) is 47.9 Å². The summed E-state index contributed by atoms with van der Waals surface area (Å²) in [4.78, 5) is 48.3. The van der Waals surface area contributed by atoms with Gasteiger partial charge in [0.2, 0.25) is 11.8 Å². The predicted molar refractivity (Wildman–Crippen MR) is 166 cm³/mol. The van der Waals surface area contributed by atoms with Crippen LogP contribution >= 0.6 is 0 Å². The first-order valence-electron chi connectivity index (χ1n) is 15.2. The second-order valence-electron chi connectivity index (χ2n) is 11.2. The number of carbonyl (C=O) groups excluding carboxylic acids is 2. The zero-order valence-electron chi connectivity index (χ0n) is 25.8. The van der Waals surface area contributed by atoms with Crippen molar-refractivity contribution < 1.29 is 29.0 Å². The summed E-state index contributed by atoms with van der Waals surface area (Å²) in [5.74, 6) is -0.519. The Morgan fingerprint density at radius 2 is 1.70 bits per heavy atom. The van der Waals surface area contributed by atoms with Gasteiger partial charge in [-0.1, -0.05) is 61.4 Å². The molecule has 1 fully saturated rings. The molecule has 10 heteroatoms. The Morgan fingerprint density at radius 1 is 0.955 bits per heavy atom. The van der Waals surface area contributed by atoms with Crippen LogP contribution < -0.4 is 9.47 Å². The lowest BCUT2D eigenvalue weighted by Crippen LogP contribution is -2.57. The molecule has 4 rings (SSSR count). The van der Waals surface area contributed by atoms with Crippen molar-refractivity contribution in [2.24, 2.45) is 0 Å². The average molecular weight is 603 g/mol. The predicted octanol–water partition coefficient (Wildman–Crippen LogP) is 5.07. The van der Waals surface area contributed by atoms with Gasteiger partial charge in [0.15, 0.2) is 0 Å². The first kappa shape index (κ1) is 32.6. The lowest BCUT2D eigenvalue weighted by atomic mass is 9.97. The number of carbonyl (C=O) groups is 3. The Bertz CT molecular complexity index is 1430. The molecule has 1 aliphatic rings. The summed E-state index contributed by atoms with van der Waals surface area (Å²) in [6.07, 6.45) is 5.92. The lowest BCUT2D eigenvalue weighted by molar-refractivity contribution is -0.149. The van der Waals surface area contributed by atoms with Crippen molar-refractivity contribution in [1.29, 1.82) is 0 Å². The minimum absolute atomic E-state index is 0.0329. The number of hydrogen-bond donors (Lipinski definition) is 1. The standard InChI is InChI=1S/C34H42N4O6/c1-24(39)12-7-4-5-10-17-31(40)38-19-18-37(30(22-38)33(41)42)21-28-20-35-34(36-32(28)43-3)44-23-27-15-11-16-29(25(27)2)26-13-8-6-9-14-26/h6,8-9,11,13-16,20,30H,4-5,7,10,12,17-19,21-23H2,1-3H3,(H,41,42)/t30-/m0/s1. The average Bonchev–Trinajstić information content (AvgIpc) is 3.03. The number of hydrogen-bond acceptors (Lipinski definition) is 8. The molecule has 1 amide bonds. The molecule has 1 saturated heterocycles. The van der Waals surface area contributed by atoms with Gasteiger partial charge >= 0.3 is 12.0 Å². The van der Waals surface area contributed by atoms with E-state index in [1.807, 2.05) is 35.2 Å². The maximum absolute atomic E-state index is 12.8. The Balaban J connectivity index is 1.34. The fourth-order valence-electron chi connectivity index (χ4n) is 5.49. The minimum atomic E-state index is -0.986. The smallest absolute Gasteiger partial charge is 0.322 e. The van der Waals surface area contributed by atoms with Gasteiger partial charge in [0, 0.05) is 50.8 Å². The molecule has 2 aromatic carbocycles. The highest BCUT2D eigenvalue weighted by Gasteiger charge is 2.34. The minimum Gasteiger partial charge on any atom is -0.481 e. The Morgan fingerprint density at radius 3 is 2.41 bits per heavy atom. The monoisotopic (exact) mass is 602 g/mol. The van der Waals surface area contributed by atoms with Crippen molar-refractivity contribution in [1.82, 2.24) is 19.8 Å². The van der Waals surface area contributed by atoms with Gasteiger partial charge in [0.25, 0.3) is 0 Å². The number of amides is 1. The summed E-state index contributed by atoms with van der Waals surface area (Å²) >= 11 is 0. The van der Waals surface area contributed by atoms with Crippen LogP contribution in [0, 0.1) is 6.92 Å². The van der Waals surface area contributed by atoms with Crippen LogP contribution in [0.25, 0.3) is 11.1 Å². The van der Waals surface area contributed by atoms with Crippen LogP contribution in [-0.4, -0.2) is 75.3 Å². The van der Waals surface area contributed by atoms with Gasteiger partial charge in [-0.2, -0.15) is 4.98 Å². The molecule has 1 aliphatic heterocycles. The van der Waals surface area contributed by atoms with Crippen LogP contribution in [0.15, 0.2) is 54.7 Å². The molecule has 1 aromatic heterocycles. The number of rotatable bonds is 15. The molecule has 3 aromatic rings. The highest BCUT2D eigenvalue weighted by atomic mass is 16.5. The van der Waals surface area contributed by atoms with Crippen LogP contribution in [-0.2, 0) is 27.5 Å². The Labute approximate surface area is 259 Å². The van der Waals surface area contributed by atoms with Gasteiger partial charge in [0.1, 0.15) is 18.4 Å². The topological polar surface area (TPSA) is 122 Å². The zero-order chi connectivity index (χ0) is 31.5. The number of carboxylic acids is 1. The number of ether oxygens (including phenoxy) is 2. The number of aromatic nitrogens is 2. The van der Waals surface area contributed by atoms with E-state index in [1.165, 1.54) is 7.11 Å². The van der Waals surface area contributed by atoms with E-state index >= 15 is 0 Å². The first-order chi connectivity index (χ1) is 21.3. The third-order valence-corrected chi connectivity index (χ3v) is 8.06. The molecule has 2 heterocycles. The number of carboxylic acid groups (broad SMARTS) is 1. The lowest BCUT2D eigenvalue weighted by Gasteiger charge is -2.39. The molecule has 10 nitrogen and oxygen atoms in total. The van der Waals surface area contributed by atoms with Gasteiger partial charge in [-0.05, 0) is 48.9 Å². The van der Waals surface area contributed by atoms with E-state index in [4.69, 9.17) is 9.47 Å². The second kappa shape index (κ2) is 16.0. The van der Waals surface area contributed by atoms with Gasteiger partial charge < -0.3 is 24.3 Å². The molecule has 0 aliphatic carbocycles. The van der Waals surface area contributed by atoms with Gasteiger partial charge in [-0.25, -0.2) is 4.98 Å². The number of benzene rings is 2. The molecule has 1 atom stereocenters. The zero-order valence-corrected chi connectivity index (χ0v) is 25.8. The number of unbranched alkanes of at least 4 members (excludes halogenated alkanes) is 3. The Kier molecular flexibility index (Phi) is 11.8. The number of ketones is 1. The largest absolute Gasteiger partial charge is 0.481 e. The molecule has 0 spiro atoms. The van der Waals surface area contributed by atoms with Gasteiger partial charge in [-0.15, -0.1) is 0 Å². The summed E-state index contributed by atoms with van der Waals surface area (Å²) in [7, 11) is 1.51. The normalized spacial score (nSPS) is 15.2. The van der Waals surface area contributed by atoms with E-state index in [0.29, 0.717) is 37.4 Å². The van der Waals surface area contributed by atoms with Crippen LogP contribution in [0.2, 0.25) is 0 Å². The summed E-state index contributed by atoms with van der Waals surface area (Å²) in [5.41, 5.74) is 5.04. The number of nitrogens with zero attached hydrogens (tertiary/aromatic N) is 4. The van der Waals surface area contributed by atoms with E-state index in [9.17, 15) is 19.5 Å². The fraction of sp³-hybridized carbons (Fsp3) is 0.441. The molecule has 1 N–H and O–H groups in total. The van der Waals surface area contributed by atoms with E-state index in [-0.39, 0.29) is 37.4 Å². The second-order valence-corrected chi connectivity index (χ2v) is 11.2. The molecule has 0 bridgehead atoms. The van der Waals surface area contributed by atoms with Crippen molar-refractivity contribution >= 4 is 17.7 Å². The summed E-state index contributed by atoms with van der Waals surface area (Å²) in [6.45, 7) is 5.16. The SMILES string of the molecule is COc1nc(OCc2cccc(-c3ccccc3)c2C)ncc1CN1CCN(C(=O)CCCCCCC(C)=O)C[C@H]1C(=O)O. The third-order valence-electron chi connectivity index (χ3n) is 8.06. The number of Topliss-reactive ketones (excluding diaryl/α,β-unsaturated/α-hetero) is 1. The summed E-state index contributed by atoms with van der Waals surface area (Å²) in [5, 5.41) is 9.98. The van der Waals surface area contributed by atoms with Crippen molar-refractivity contribution in [3.8, 4) is 23.0 Å². The first-order valence-corrected chi connectivity index (χ1v) is 15.2. The van der Waals surface area contributed by atoms with Crippen molar-refractivity contribution in [3.05, 3.63) is 71.4 Å². The van der Waals surface area contributed by atoms with E-state index < -0.39 is 12.0 Å². The molecular formula is C34H42N4O6. The van der Waals surface area contributed by atoms with Crippen molar-refractivity contribution in [2.45, 2.75) is 71.6 Å². The number of methoxy groups -OCH3 is 1. The maximum Gasteiger partial charge on any atom is 0.322 e. The molecule has 0 unspecified atom stereocenters. The third kappa shape index (κ3) is 8.86. The van der Waals surface area contributed by atoms with E-state index in [2.05, 4.69) is 35.1 Å². The van der Waals surface area contributed by atoms with Crippen LogP contribution in [0.4, 0.5) is 0 Å². The molecule has 0 radical (unpaired) electrons. The molecule has 234 valence electrons. The van der Waals surface area contributed by atoms with Crippen molar-refractivity contribution in [2.75, 3.05) is 26.7 Å². The van der Waals surface area contributed by atoms with Crippen molar-refractivity contribution in [3.63, 3.8) is 0 Å². The van der Waals surface area contributed by atoms with Crippen LogP contribution in [0.1, 0.15) is 62.1 Å². The number of piperazine rings is 1. The van der Waals surface area contributed by atoms with Gasteiger partial charge in [-0.3, -0.25) is 14.5 Å². The summed E-state index contributed by atoms with van der Waals surface area (Å²) < 4.78 is 11.5. The fourth-order valence-corrected chi connectivity index (χ4v) is 5.49. The highest BCUT2D eigenvalue weighted by molar-refractivity contribution is 5.79. The van der Waals surface area contributed by atoms with E-state index in [1.54, 1.807) is 18.0 Å². The Hall–Kier alpha value is -4.31. The molecule has 0 saturated carbocycles. The molecule has 44 heavy (non-hydrogen) atoms. The quantitative estimate of drug-likeness (QED) is 0.238. The summed E-state index contributed by atoms with van der Waals surface area (Å²) in [6, 6.07) is 15.6.